The lowest BCUT2D eigenvalue weighted by molar-refractivity contribution is -0.120. The number of fused-ring (bicyclic) bond motifs is 2. The first kappa shape index (κ1) is 22.1. The van der Waals surface area contributed by atoms with Crippen LogP contribution in [-0.2, 0) is 17.8 Å². The monoisotopic (exact) mass is 490 g/mol. The zero-order chi connectivity index (χ0) is 23.8. The average Bonchev–Trinajstić information content (AvgIpc) is 3.42. The van der Waals surface area contributed by atoms with E-state index in [-0.39, 0.29) is 11.8 Å². The minimum atomic E-state index is -0.0703. The second-order valence-corrected chi connectivity index (χ2v) is 9.72. The number of hydrogen-bond donors (Lipinski definition) is 1. The van der Waals surface area contributed by atoms with Gasteiger partial charge in [0.05, 0.1) is 5.02 Å². The Bertz CT molecular complexity index is 1340. The molecule has 1 fully saturated rings. The molecule has 2 aliphatic rings. The van der Waals surface area contributed by atoms with Crippen LogP contribution in [-0.4, -0.2) is 38.7 Å². The number of piperidine rings is 1. The number of carbonyl (C=O) groups is 1. The number of halogens is 1. The Kier molecular flexibility index (Phi) is 5.90. The molecule has 6 rings (SSSR count). The number of aryl methyl sites for hydroxylation is 1. The summed E-state index contributed by atoms with van der Waals surface area (Å²) < 4.78 is 8.06. The van der Waals surface area contributed by atoms with Crippen LogP contribution < -0.4 is 10.2 Å². The third kappa shape index (κ3) is 4.38. The fourth-order valence-electron chi connectivity index (χ4n) is 5.03. The Morgan fingerprint density at radius 2 is 1.89 bits per heavy atom. The highest BCUT2D eigenvalue weighted by atomic mass is 35.5. The van der Waals surface area contributed by atoms with Gasteiger partial charge in [-0.1, -0.05) is 30.2 Å². The molecule has 35 heavy (non-hydrogen) atoms. The number of amides is 1. The summed E-state index contributed by atoms with van der Waals surface area (Å²) in [6.07, 6.45) is 5.84. The van der Waals surface area contributed by atoms with Crippen LogP contribution in [0.15, 0.2) is 46.9 Å². The van der Waals surface area contributed by atoms with Gasteiger partial charge in [0.25, 0.3) is 6.01 Å². The Labute approximate surface area is 208 Å². The maximum absolute atomic E-state index is 13.1. The van der Waals surface area contributed by atoms with E-state index < -0.39 is 0 Å². The lowest BCUT2D eigenvalue weighted by Gasteiger charge is -2.30. The van der Waals surface area contributed by atoms with Gasteiger partial charge in [-0.3, -0.25) is 4.79 Å². The van der Waals surface area contributed by atoms with E-state index in [0.717, 1.165) is 85.7 Å². The van der Waals surface area contributed by atoms with E-state index in [9.17, 15) is 4.79 Å². The van der Waals surface area contributed by atoms with Crippen LogP contribution in [0.2, 0.25) is 5.02 Å². The largest absolute Gasteiger partial charge is 0.423 e. The van der Waals surface area contributed by atoms with Gasteiger partial charge in [0.1, 0.15) is 11.3 Å². The minimum Gasteiger partial charge on any atom is -0.423 e. The molecule has 1 amide bonds. The number of oxazole rings is 1. The quantitative estimate of drug-likeness (QED) is 0.416. The van der Waals surface area contributed by atoms with Crippen LogP contribution >= 0.6 is 11.6 Å². The van der Waals surface area contributed by atoms with E-state index in [2.05, 4.69) is 30.0 Å². The number of para-hydroxylation sites is 2. The van der Waals surface area contributed by atoms with Crippen LogP contribution in [0, 0.1) is 5.92 Å². The molecule has 180 valence electrons. The fraction of sp³-hybridized carbons (Fsp3) is 0.385. The average molecular weight is 491 g/mol. The molecule has 0 atom stereocenters. The first-order valence-electron chi connectivity index (χ1n) is 12.3. The molecule has 4 aromatic rings. The van der Waals surface area contributed by atoms with Crippen LogP contribution in [0.3, 0.4) is 0 Å². The van der Waals surface area contributed by atoms with E-state index in [1.165, 1.54) is 6.42 Å². The Morgan fingerprint density at radius 1 is 1.03 bits per heavy atom. The van der Waals surface area contributed by atoms with Crippen molar-refractivity contribution in [3.8, 4) is 11.4 Å². The molecular formula is C26H27ClN6O2. The van der Waals surface area contributed by atoms with Crippen molar-refractivity contribution in [3.63, 3.8) is 0 Å². The lowest BCUT2D eigenvalue weighted by atomic mass is 9.96. The molecule has 0 radical (unpaired) electrons. The number of anilines is 2. The van der Waals surface area contributed by atoms with Gasteiger partial charge in [-0.25, -0.2) is 0 Å². The van der Waals surface area contributed by atoms with Gasteiger partial charge in [0.2, 0.25) is 5.91 Å². The van der Waals surface area contributed by atoms with Gasteiger partial charge in [-0.05, 0) is 56.0 Å². The SMILES string of the molecule is O=C(Nc1ccc(Cl)c(-c2nnc3n2CCCCC3)c1)C1CCN(c2nc3ccccc3o2)CC1. The van der Waals surface area contributed by atoms with Crippen molar-refractivity contribution in [1.29, 1.82) is 0 Å². The van der Waals surface area contributed by atoms with E-state index in [0.29, 0.717) is 11.0 Å². The summed E-state index contributed by atoms with van der Waals surface area (Å²) in [7, 11) is 0. The maximum atomic E-state index is 13.1. The molecule has 2 aliphatic heterocycles. The molecule has 0 unspecified atom stereocenters. The number of rotatable bonds is 4. The number of benzene rings is 2. The Morgan fingerprint density at radius 3 is 2.74 bits per heavy atom. The molecule has 4 heterocycles. The molecule has 0 saturated carbocycles. The summed E-state index contributed by atoms with van der Waals surface area (Å²) >= 11 is 6.55. The van der Waals surface area contributed by atoms with Crippen LogP contribution in [0.1, 0.15) is 37.9 Å². The summed E-state index contributed by atoms with van der Waals surface area (Å²) in [5, 5.41) is 12.5. The number of hydrogen-bond acceptors (Lipinski definition) is 6. The van der Waals surface area contributed by atoms with Crippen molar-refractivity contribution >= 4 is 40.3 Å². The first-order chi connectivity index (χ1) is 17.2. The minimum absolute atomic E-state index is 0.0237. The predicted molar refractivity (Wildman–Crippen MR) is 136 cm³/mol. The summed E-state index contributed by atoms with van der Waals surface area (Å²) in [5.74, 6) is 1.73. The van der Waals surface area contributed by atoms with Crippen molar-refractivity contribution in [2.75, 3.05) is 23.3 Å². The van der Waals surface area contributed by atoms with Crippen molar-refractivity contribution in [1.82, 2.24) is 19.7 Å². The number of aromatic nitrogens is 4. The number of nitrogens with zero attached hydrogens (tertiary/aromatic N) is 5. The Balaban J connectivity index is 1.13. The van der Waals surface area contributed by atoms with Gasteiger partial charge in [-0.2, -0.15) is 4.98 Å². The maximum Gasteiger partial charge on any atom is 0.298 e. The molecule has 0 bridgehead atoms. The summed E-state index contributed by atoms with van der Waals surface area (Å²) in [5.41, 5.74) is 3.16. The first-order valence-corrected chi connectivity index (χ1v) is 12.7. The van der Waals surface area contributed by atoms with Crippen LogP contribution in [0.25, 0.3) is 22.5 Å². The summed E-state index contributed by atoms with van der Waals surface area (Å²) in [6, 6.07) is 14.0. The molecule has 2 aromatic carbocycles. The van der Waals surface area contributed by atoms with E-state index in [1.54, 1.807) is 0 Å². The zero-order valence-corrected chi connectivity index (χ0v) is 20.2. The van der Waals surface area contributed by atoms with Crippen molar-refractivity contribution in [3.05, 3.63) is 53.3 Å². The molecule has 9 heteroatoms. The van der Waals surface area contributed by atoms with Gasteiger partial charge in [-0.15, -0.1) is 10.2 Å². The van der Waals surface area contributed by atoms with Crippen LogP contribution in [0.4, 0.5) is 11.7 Å². The van der Waals surface area contributed by atoms with E-state index >= 15 is 0 Å². The summed E-state index contributed by atoms with van der Waals surface area (Å²) in [6.45, 7) is 2.34. The van der Waals surface area contributed by atoms with Gasteiger partial charge < -0.3 is 19.2 Å². The molecule has 1 saturated heterocycles. The highest BCUT2D eigenvalue weighted by molar-refractivity contribution is 6.33. The fourth-order valence-corrected chi connectivity index (χ4v) is 5.23. The predicted octanol–water partition coefficient (Wildman–Crippen LogP) is 5.32. The van der Waals surface area contributed by atoms with Gasteiger partial charge >= 0.3 is 0 Å². The zero-order valence-electron chi connectivity index (χ0n) is 19.4. The van der Waals surface area contributed by atoms with Gasteiger partial charge in [0, 0.05) is 43.2 Å². The smallest absolute Gasteiger partial charge is 0.298 e. The molecule has 2 aromatic heterocycles. The molecule has 8 nitrogen and oxygen atoms in total. The second-order valence-electron chi connectivity index (χ2n) is 9.31. The van der Waals surface area contributed by atoms with Crippen LogP contribution in [0.5, 0.6) is 0 Å². The standard InChI is InChI=1S/C26H27ClN6O2/c27-20-10-9-18(16-19(20)24-31-30-23-8-2-1-5-13-33(23)24)28-25(34)17-11-14-32(15-12-17)26-29-21-6-3-4-7-22(21)35-26/h3-4,6-7,9-10,16-17H,1-2,5,8,11-15H2,(H,28,34). The highest BCUT2D eigenvalue weighted by Gasteiger charge is 2.27. The van der Waals surface area contributed by atoms with E-state index in [1.807, 2.05) is 42.5 Å². The van der Waals surface area contributed by atoms with E-state index in [4.69, 9.17) is 16.0 Å². The molecular weight excluding hydrogens is 464 g/mol. The normalized spacial score (nSPS) is 16.8. The van der Waals surface area contributed by atoms with Crippen molar-refractivity contribution in [2.24, 2.45) is 5.92 Å². The Hall–Kier alpha value is -3.39. The highest BCUT2D eigenvalue weighted by Crippen LogP contribution is 2.32. The third-order valence-corrected chi connectivity index (χ3v) is 7.33. The second kappa shape index (κ2) is 9.34. The van der Waals surface area contributed by atoms with Crippen molar-refractivity contribution in [2.45, 2.75) is 45.1 Å². The molecule has 0 aliphatic carbocycles. The number of nitrogens with one attached hydrogen (secondary N) is 1. The lowest BCUT2D eigenvalue weighted by Crippen LogP contribution is -2.38. The number of carbonyl (C=O) groups excluding carboxylic acids is 1. The molecule has 0 spiro atoms. The summed E-state index contributed by atoms with van der Waals surface area (Å²) in [4.78, 5) is 19.8. The third-order valence-electron chi connectivity index (χ3n) is 7.00. The van der Waals surface area contributed by atoms with Crippen molar-refractivity contribution < 1.29 is 9.21 Å². The van der Waals surface area contributed by atoms with Gasteiger partial charge in [0.15, 0.2) is 11.4 Å². The topological polar surface area (TPSA) is 89.1 Å². The molecule has 1 N–H and O–H groups in total.